The molecule has 1 aliphatic rings. The zero-order valence-corrected chi connectivity index (χ0v) is 14.7. The van der Waals surface area contributed by atoms with Gasteiger partial charge in [0.15, 0.2) is 11.6 Å². The highest BCUT2D eigenvalue weighted by molar-refractivity contribution is 5.98. The molecular weight excluding hydrogens is 346 g/mol. The minimum Gasteiger partial charge on any atom is -0.268 e. The van der Waals surface area contributed by atoms with Crippen molar-refractivity contribution in [3.63, 3.8) is 0 Å². The first kappa shape index (κ1) is 16.1. The molecule has 0 aliphatic carbocycles. The molecule has 4 heterocycles. The molecule has 0 amide bonds. The molecule has 3 aromatic heterocycles. The molecule has 0 saturated heterocycles. The molecule has 1 aromatic carbocycles. The molecule has 134 valence electrons. The van der Waals surface area contributed by atoms with E-state index in [0.29, 0.717) is 10.9 Å². The molecule has 0 saturated carbocycles. The number of aryl methyl sites for hydroxylation is 2. The Morgan fingerprint density at radius 3 is 2.78 bits per heavy atom. The van der Waals surface area contributed by atoms with Crippen molar-refractivity contribution in [3.05, 3.63) is 65.6 Å². The van der Waals surface area contributed by atoms with Crippen molar-refractivity contribution in [2.75, 3.05) is 0 Å². The molecule has 0 N–H and O–H groups in total. The van der Waals surface area contributed by atoms with Crippen molar-refractivity contribution in [2.24, 2.45) is 0 Å². The van der Waals surface area contributed by atoms with Gasteiger partial charge in [0.2, 0.25) is 0 Å². The van der Waals surface area contributed by atoms with Gasteiger partial charge in [-0.15, -0.1) is 0 Å². The van der Waals surface area contributed by atoms with Crippen LogP contribution in [0, 0.1) is 18.6 Å². The fourth-order valence-corrected chi connectivity index (χ4v) is 3.83. The minimum atomic E-state index is -0.895. The molecule has 0 radical (unpaired) electrons. The van der Waals surface area contributed by atoms with Crippen LogP contribution in [0.25, 0.3) is 33.4 Å². The summed E-state index contributed by atoms with van der Waals surface area (Å²) >= 11 is 0. The van der Waals surface area contributed by atoms with Crippen LogP contribution in [0.4, 0.5) is 8.78 Å². The van der Waals surface area contributed by atoms with Crippen molar-refractivity contribution in [1.29, 1.82) is 0 Å². The van der Waals surface area contributed by atoms with Crippen LogP contribution in [-0.4, -0.2) is 19.7 Å². The van der Waals surface area contributed by atoms with Gasteiger partial charge in [-0.25, -0.2) is 8.78 Å². The quantitative estimate of drug-likeness (QED) is 0.519. The van der Waals surface area contributed by atoms with Crippen molar-refractivity contribution >= 4 is 10.9 Å². The van der Waals surface area contributed by atoms with Crippen molar-refractivity contribution in [1.82, 2.24) is 19.7 Å². The highest BCUT2D eigenvalue weighted by atomic mass is 19.2. The number of aromatic nitrogens is 4. The summed E-state index contributed by atoms with van der Waals surface area (Å²) in [5.74, 6) is -1.77. The summed E-state index contributed by atoms with van der Waals surface area (Å²) < 4.78 is 29.7. The lowest BCUT2D eigenvalue weighted by atomic mass is 9.96. The lowest BCUT2D eigenvalue weighted by Crippen LogP contribution is -1.95. The number of pyridine rings is 2. The second-order valence-electron chi connectivity index (χ2n) is 6.80. The summed E-state index contributed by atoms with van der Waals surface area (Å²) in [5.41, 5.74) is 5.71. The van der Waals surface area contributed by atoms with Gasteiger partial charge in [-0.1, -0.05) is 6.07 Å². The number of hydrogen-bond donors (Lipinski definition) is 0. The second kappa shape index (κ2) is 5.94. The smallest absolute Gasteiger partial charge is 0.161 e. The largest absolute Gasteiger partial charge is 0.268 e. The monoisotopic (exact) mass is 362 g/mol. The molecule has 0 atom stereocenters. The van der Waals surface area contributed by atoms with Gasteiger partial charge in [-0.05, 0) is 49.6 Å². The third kappa shape index (κ3) is 2.51. The highest BCUT2D eigenvalue weighted by Crippen LogP contribution is 2.40. The molecule has 4 aromatic rings. The fraction of sp³-hybridized carbons (Fsp3) is 0.190. The van der Waals surface area contributed by atoms with Gasteiger partial charge in [0, 0.05) is 41.1 Å². The Kier molecular flexibility index (Phi) is 3.53. The average molecular weight is 362 g/mol. The summed E-state index contributed by atoms with van der Waals surface area (Å²) in [6.07, 6.45) is 3.53. The van der Waals surface area contributed by atoms with Crippen LogP contribution in [0.3, 0.4) is 0 Å². The van der Waals surface area contributed by atoms with Crippen molar-refractivity contribution in [2.45, 2.75) is 26.3 Å². The summed E-state index contributed by atoms with van der Waals surface area (Å²) in [5, 5.41) is 5.37. The average Bonchev–Trinajstić information content (AvgIpc) is 3.23. The Morgan fingerprint density at radius 2 is 1.93 bits per heavy atom. The van der Waals surface area contributed by atoms with Gasteiger partial charge in [-0.2, -0.15) is 5.10 Å². The third-order valence-electron chi connectivity index (χ3n) is 5.03. The summed E-state index contributed by atoms with van der Waals surface area (Å²) in [4.78, 5) is 8.84. The predicted octanol–water partition coefficient (Wildman–Crippen LogP) is 4.69. The van der Waals surface area contributed by atoms with Crippen LogP contribution in [0.1, 0.15) is 17.8 Å². The van der Waals surface area contributed by atoms with Gasteiger partial charge in [-0.3, -0.25) is 14.6 Å². The van der Waals surface area contributed by atoms with E-state index in [-0.39, 0.29) is 0 Å². The molecule has 0 bridgehead atoms. The molecule has 1 aliphatic heterocycles. The molecule has 5 rings (SSSR count). The molecule has 27 heavy (non-hydrogen) atoms. The lowest BCUT2D eigenvalue weighted by Gasteiger charge is -2.09. The van der Waals surface area contributed by atoms with Crippen LogP contribution in [0.5, 0.6) is 0 Å². The van der Waals surface area contributed by atoms with Crippen molar-refractivity contribution < 1.29 is 8.78 Å². The number of rotatable bonds is 2. The molecule has 0 fully saturated rings. The predicted molar refractivity (Wildman–Crippen MR) is 99.2 cm³/mol. The van der Waals surface area contributed by atoms with Crippen LogP contribution in [-0.2, 0) is 13.0 Å². The first-order valence-corrected chi connectivity index (χ1v) is 8.89. The van der Waals surface area contributed by atoms with Gasteiger partial charge in [0.1, 0.15) is 5.69 Å². The Labute approximate surface area is 154 Å². The number of nitrogens with zero attached hydrogens (tertiary/aromatic N) is 4. The first-order chi connectivity index (χ1) is 13.1. The summed E-state index contributed by atoms with van der Waals surface area (Å²) in [7, 11) is 0. The standard InChI is InChI=1S/C21H16F2N4/c1-12-4-2-5-17(25-12)21-20(19-6-3-9-27(19)26-21)13-7-8-24-18-11-16(23)15(22)10-14(13)18/h2,4-5,7-8,10-11H,3,6,9H2,1H3. The number of fused-ring (bicyclic) bond motifs is 2. The maximum Gasteiger partial charge on any atom is 0.161 e. The van der Waals surface area contributed by atoms with E-state index < -0.39 is 11.6 Å². The summed E-state index contributed by atoms with van der Waals surface area (Å²) in [6.45, 7) is 2.78. The maximum absolute atomic E-state index is 14.0. The van der Waals surface area contributed by atoms with Crippen LogP contribution in [0.15, 0.2) is 42.6 Å². The van der Waals surface area contributed by atoms with E-state index in [9.17, 15) is 8.78 Å². The normalized spacial score (nSPS) is 13.3. The topological polar surface area (TPSA) is 43.6 Å². The van der Waals surface area contributed by atoms with E-state index >= 15 is 0 Å². The van der Waals surface area contributed by atoms with E-state index in [1.165, 1.54) is 6.07 Å². The highest BCUT2D eigenvalue weighted by Gasteiger charge is 2.26. The lowest BCUT2D eigenvalue weighted by molar-refractivity contribution is 0.510. The Bertz CT molecular complexity index is 1200. The van der Waals surface area contributed by atoms with E-state index in [4.69, 9.17) is 5.10 Å². The van der Waals surface area contributed by atoms with Gasteiger partial charge in [0.25, 0.3) is 0 Å². The summed E-state index contributed by atoms with van der Waals surface area (Å²) in [6, 6.07) is 10.0. The molecular formula is C21H16F2N4. The molecule has 4 nitrogen and oxygen atoms in total. The van der Waals surface area contributed by atoms with E-state index in [2.05, 4.69) is 9.97 Å². The minimum absolute atomic E-state index is 0.424. The number of benzene rings is 1. The SMILES string of the molecule is Cc1cccc(-c2nn3c(c2-c2ccnc4cc(F)c(F)cc24)CCC3)n1. The van der Waals surface area contributed by atoms with Crippen LogP contribution >= 0.6 is 0 Å². The van der Waals surface area contributed by atoms with Crippen molar-refractivity contribution in [3.8, 4) is 22.5 Å². The zero-order valence-electron chi connectivity index (χ0n) is 14.7. The van der Waals surface area contributed by atoms with Crippen LogP contribution < -0.4 is 0 Å². The second-order valence-corrected chi connectivity index (χ2v) is 6.80. The van der Waals surface area contributed by atoms with E-state index in [1.54, 1.807) is 6.20 Å². The zero-order chi connectivity index (χ0) is 18.5. The maximum atomic E-state index is 14.0. The molecule has 0 unspecified atom stereocenters. The van der Waals surface area contributed by atoms with Gasteiger partial charge in [0.05, 0.1) is 11.2 Å². The molecule has 6 heteroatoms. The Balaban J connectivity index is 1.84. The first-order valence-electron chi connectivity index (χ1n) is 8.89. The third-order valence-corrected chi connectivity index (χ3v) is 5.03. The fourth-order valence-electron chi connectivity index (χ4n) is 3.83. The van der Waals surface area contributed by atoms with E-state index in [0.717, 1.165) is 59.4 Å². The van der Waals surface area contributed by atoms with E-state index in [1.807, 2.05) is 35.9 Å². The number of hydrogen-bond acceptors (Lipinski definition) is 3. The Hall–Kier alpha value is -3.15. The van der Waals surface area contributed by atoms with Gasteiger partial charge < -0.3 is 0 Å². The van der Waals surface area contributed by atoms with Gasteiger partial charge >= 0.3 is 0 Å². The molecule has 0 spiro atoms. The Morgan fingerprint density at radius 1 is 1.07 bits per heavy atom. The van der Waals surface area contributed by atoms with Crippen LogP contribution in [0.2, 0.25) is 0 Å². The number of halogens is 2.